The molecule has 1 saturated carbocycles. The Morgan fingerprint density at radius 1 is 1.41 bits per heavy atom. The lowest BCUT2D eigenvalue weighted by molar-refractivity contribution is -0.303. The molecule has 0 amide bonds. The van der Waals surface area contributed by atoms with Gasteiger partial charge >= 0.3 is 6.36 Å². The summed E-state index contributed by atoms with van der Waals surface area (Å²) >= 11 is 0. The van der Waals surface area contributed by atoms with Gasteiger partial charge in [0.25, 0.3) is 0 Å². The Hall–Kier alpha value is -1.23. The first-order chi connectivity index (χ1) is 7.80. The average molecular weight is 247 g/mol. The summed E-state index contributed by atoms with van der Waals surface area (Å²) in [4.78, 5) is 0. The number of rotatable bonds is 5. The van der Waals surface area contributed by atoms with Gasteiger partial charge in [0.15, 0.2) is 0 Å². The molecule has 0 aliphatic heterocycles. The number of hydrogen-bond donors (Lipinski definition) is 1. The lowest BCUT2D eigenvalue weighted by Gasteiger charge is -2.10. The van der Waals surface area contributed by atoms with Gasteiger partial charge in [-0.15, -0.1) is 13.2 Å². The van der Waals surface area contributed by atoms with Crippen LogP contribution in [0.2, 0.25) is 0 Å². The Balaban J connectivity index is 2.67. The minimum Gasteiger partial charge on any atom is -0.406 e. The molecule has 0 radical (unpaired) electrons. The molecule has 1 fully saturated rings. The van der Waals surface area contributed by atoms with Crippen LogP contribution in [0, 0.1) is 11.8 Å². The van der Waals surface area contributed by atoms with E-state index in [1.165, 1.54) is 6.08 Å². The van der Waals surface area contributed by atoms with Crippen LogP contribution in [-0.4, -0.2) is 19.5 Å². The van der Waals surface area contributed by atoms with E-state index in [1.807, 2.05) is 14.0 Å². The maximum atomic E-state index is 12.0. The Kier molecular flexibility index (Phi) is 4.03. The second kappa shape index (κ2) is 4.96. The number of alkyl halides is 3. The van der Waals surface area contributed by atoms with E-state index >= 15 is 0 Å². The van der Waals surface area contributed by atoms with Crippen molar-refractivity contribution in [3.8, 4) is 0 Å². The molecule has 1 N–H and O–H groups in total. The van der Waals surface area contributed by atoms with Crippen molar-refractivity contribution in [1.82, 2.24) is 5.32 Å². The second-order valence-corrected chi connectivity index (χ2v) is 4.07. The Labute approximate surface area is 98.8 Å². The number of ether oxygens (including phenoxy) is 1. The van der Waals surface area contributed by atoms with E-state index in [0.717, 1.165) is 6.08 Å². The summed E-state index contributed by atoms with van der Waals surface area (Å²) in [7, 11) is 1.82. The van der Waals surface area contributed by atoms with Crippen molar-refractivity contribution in [2.24, 2.45) is 11.8 Å². The Morgan fingerprint density at radius 2 is 2.00 bits per heavy atom. The molecule has 96 valence electrons. The van der Waals surface area contributed by atoms with Gasteiger partial charge in [0, 0.05) is 12.0 Å². The van der Waals surface area contributed by atoms with Crippen molar-refractivity contribution in [2.45, 2.75) is 19.3 Å². The average Bonchev–Trinajstić information content (AvgIpc) is 2.86. The molecule has 0 aromatic rings. The largest absolute Gasteiger partial charge is 0.573 e. The summed E-state index contributed by atoms with van der Waals surface area (Å²) in [5.41, 5.74) is 0.621. The molecule has 3 atom stereocenters. The third kappa shape index (κ3) is 3.63. The minimum atomic E-state index is -4.70. The molecule has 5 heteroatoms. The third-order valence-corrected chi connectivity index (χ3v) is 2.90. The first-order valence-corrected chi connectivity index (χ1v) is 5.26. The predicted molar refractivity (Wildman–Crippen MR) is 60.1 cm³/mol. The fourth-order valence-electron chi connectivity index (χ4n) is 2.02. The van der Waals surface area contributed by atoms with E-state index in [9.17, 15) is 13.2 Å². The SMILES string of the molecule is C=CC(=CC(=C)C1C(C)C1NC)OC(F)(F)F. The smallest absolute Gasteiger partial charge is 0.406 e. The maximum absolute atomic E-state index is 12.0. The second-order valence-electron chi connectivity index (χ2n) is 4.07. The number of hydrogen-bond acceptors (Lipinski definition) is 2. The van der Waals surface area contributed by atoms with Crippen LogP contribution in [0.25, 0.3) is 0 Å². The van der Waals surface area contributed by atoms with Crippen LogP contribution in [0.3, 0.4) is 0 Å². The fourth-order valence-corrected chi connectivity index (χ4v) is 2.02. The highest BCUT2D eigenvalue weighted by molar-refractivity contribution is 5.32. The van der Waals surface area contributed by atoms with Crippen LogP contribution >= 0.6 is 0 Å². The summed E-state index contributed by atoms with van der Waals surface area (Å²) in [5.74, 6) is 0.212. The normalized spacial score (nSPS) is 28.8. The molecule has 1 aliphatic carbocycles. The molecular formula is C12H16F3NO. The first-order valence-electron chi connectivity index (χ1n) is 5.26. The van der Waals surface area contributed by atoms with Crippen molar-refractivity contribution in [3.63, 3.8) is 0 Å². The lowest BCUT2D eigenvalue weighted by atomic mass is 10.1. The maximum Gasteiger partial charge on any atom is 0.573 e. The molecule has 0 saturated heterocycles. The van der Waals surface area contributed by atoms with Gasteiger partial charge in [-0.3, -0.25) is 0 Å². The van der Waals surface area contributed by atoms with Crippen LogP contribution in [-0.2, 0) is 4.74 Å². The molecule has 0 aromatic carbocycles. The quantitative estimate of drug-likeness (QED) is 0.595. The van der Waals surface area contributed by atoms with E-state index in [4.69, 9.17) is 0 Å². The van der Waals surface area contributed by atoms with Gasteiger partial charge in [-0.25, -0.2) is 0 Å². The van der Waals surface area contributed by atoms with Crippen LogP contribution in [0.15, 0.2) is 36.6 Å². The molecule has 1 rings (SSSR count). The molecule has 0 bridgehead atoms. The lowest BCUT2D eigenvalue weighted by Crippen LogP contribution is -2.13. The molecule has 0 aromatic heterocycles. The van der Waals surface area contributed by atoms with Gasteiger partial charge in [0.1, 0.15) is 5.76 Å². The Morgan fingerprint density at radius 3 is 2.35 bits per heavy atom. The number of nitrogens with one attached hydrogen (secondary N) is 1. The summed E-state index contributed by atoms with van der Waals surface area (Å²) in [5, 5.41) is 3.08. The van der Waals surface area contributed by atoms with Crippen LogP contribution in [0.1, 0.15) is 6.92 Å². The fraction of sp³-hybridized carbons (Fsp3) is 0.500. The highest BCUT2D eigenvalue weighted by atomic mass is 19.4. The first kappa shape index (κ1) is 13.8. The zero-order chi connectivity index (χ0) is 13.2. The third-order valence-electron chi connectivity index (χ3n) is 2.90. The Bertz CT molecular complexity index is 346. The van der Waals surface area contributed by atoms with Gasteiger partial charge in [0.2, 0.25) is 0 Å². The molecule has 17 heavy (non-hydrogen) atoms. The van der Waals surface area contributed by atoms with Crippen molar-refractivity contribution in [3.05, 3.63) is 36.6 Å². The minimum absolute atomic E-state index is 0.159. The van der Waals surface area contributed by atoms with Crippen molar-refractivity contribution >= 4 is 0 Å². The molecule has 2 nitrogen and oxygen atoms in total. The summed E-state index contributed by atoms with van der Waals surface area (Å²) in [6.07, 6.45) is -2.38. The van der Waals surface area contributed by atoms with E-state index < -0.39 is 6.36 Å². The van der Waals surface area contributed by atoms with Gasteiger partial charge in [-0.05, 0) is 30.7 Å². The van der Waals surface area contributed by atoms with Crippen molar-refractivity contribution in [1.29, 1.82) is 0 Å². The van der Waals surface area contributed by atoms with Crippen molar-refractivity contribution in [2.75, 3.05) is 7.05 Å². The van der Waals surface area contributed by atoms with E-state index in [2.05, 4.69) is 23.2 Å². The molecule has 0 heterocycles. The van der Waals surface area contributed by atoms with Gasteiger partial charge in [-0.2, -0.15) is 0 Å². The van der Waals surface area contributed by atoms with E-state index in [0.29, 0.717) is 11.5 Å². The molecule has 1 aliphatic rings. The zero-order valence-corrected chi connectivity index (χ0v) is 9.84. The zero-order valence-electron chi connectivity index (χ0n) is 9.84. The van der Waals surface area contributed by atoms with Crippen LogP contribution in [0.4, 0.5) is 13.2 Å². The molecule has 3 unspecified atom stereocenters. The standard InChI is InChI=1S/C12H16F3NO/c1-5-9(17-12(13,14)15)6-7(2)10-8(3)11(10)16-4/h5-6,8,10-11,16H,1-2H2,3-4H3. The number of halogens is 3. The highest BCUT2D eigenvalue weighted by Crippen LogP contribution is 2.44. The summed E-state index contributed by atoms with van der Waals surface area (Å²) in [6.45, 7) is 9.07. The summed E-state index contributed by atoms with van der Waals surface area (Å²) in [6, 6.07) is 0.274. The van der Waals surface area contributed by atoms with E-state index in [-0.39, 0.29) is 17.7 Å². The monoisotopic (exact) mass is 247 g/mol. The van der Waals surface area contributed by atoms with Gasteiger partial charge < -0.3 is 10.1 Å². The summed E-state index contributed by atoms with van der Waals surface area (Å²) < 4.78 is 39.9. The molecular weight excluding hydrogens is 231 g/mol. The van der Waals surface area contributed by atoms with Crippen LogP contribution in [0.5, 0.6) is 0 Å². The van der Waals surface area contributed by atoms with E-state index in [1.54, 1.807) is 0 Å². The van der Waals surface area contributed by atoms with Gasteiger partial charge in [0.05, 0.1) is 0 Å². The molecule has 0 spiro atoms. The topological polar surface area (TPSA) is 21.3 Å². The number of allylic oxidation sites excluding steroid dienone is 2. The highest BCUT2D eigenvalue weighted by Gasteiger charge is 2.46. The van der Waals surface area contributed by atoms with Crippen molar-refractivity contribution < 1.29 is 17.9 Å². The van der Waals surface area contributed by atoms with Crippen LogP contribution < -0.4 is 5.32 Å². The van der Waals surface area contributed by atoms with Gasteiger partial charge in [-0.1, -0.05) is 20.1 Å². The predicted octanol–water partition coefficient (Wildman–Crippen LogP) is 3.00.